The first-order valence-corrected chi connectivity index (χ1v) is 22.0. The monoisotopic (exact) mass is 448 g/mol. The molecule has 1 aliphatic heterocycles. The Labute approximate surface area is 184 Å². The van der Waals surface area contributed by atoms with Gasteiger partial charge >= 0.3 is 0 Å². The molecule has 0 saturated heterocycles. The average Bonchev–Trinajstić information content (AvgIpc) is 2.99. The second kappa shape index (κ2) is 6.40. The number of carbonyl (C=O) groups is 1. The Bertz CT molecular complexity index is 1160. The number of amides is 1. The molecule has 2 aromatic carbocycles. The fraction of sp³-hybridized carbons (Fsp3) is 0.400. The summed E-state index contributed by atoms with van der Waals surface area (Å²) >= 11 is 0. The summed E-state index contributed by atoms with van der Waals surface area (Å²) in [5, 5.41) is 2.88. The van der Waals surface area contributed by atoms with Gasteiger partial charge in [-0.25, -0.2) is 0 Å². The van der Waals surface area contributed by atoms with E-state index in [9.17, 15) is 4.79 Å². The normalized spacial score (nSPS) is 20.0. The minimum Gasteiger partial charge on any atom is -0.267 e. The van der Waals surface area contributed by atoms with Crippen LogP contribution >= 0.6 is 0 Å². The molecule has 1 N–H and O–H groups in total. The molecule has 2 aromatic rings. The Balaban J connectivity index is 2.24. The van der Waals surface area contributed by atoms with Gasteiger partial charge in [0.15, 0.2) is 0 Å². The van der Waals surface area contributed by atoms with Crippen molar-refractivity contribution >= 4 is 44.6 Å². The van der Waals surface area contributed by atoms with Crippen LogP contribution in [0, 0.1) is 13.8 Å². The van der Waals surface area contributed by atoms with Crippen LogP contribution in [0.2, 0.25) is 39.3 Å². The van der Waals surface area contributed by atoms with E-state index in [2.05, 4.69) is 84.3 Å². The lowest BCUT2D eigenvalue weighted by molar-refractivity contribution is 0.0993. The van der Waals surface area contributed by atoms with Crippen molar-refractivity contribution in [2.75, 3.05) is 0 Å². The molecule has 0 aromatic heterocycles. The number of hydrogen-bond acceptors (Lipinski definition) is 1. The molecule has 2 bridgehead atoms. The van der Waals surface area contributed by atoms with Crippen molar-refractivity contribution in [1.29, 1.82) is 0 Å². The van der Waals surface area contributed by atoms with Gasteiger partial charge in [0.1, 0.15) is 0 Å². The molecule has 1 heterocycles. The molecule has 0 atom stereocenters. The Morgan fingerprint density at radius 1 is 0.900 bits per heavy atom. The minimum absolute atomic E-state index is 0.499. The molecule has 4 rings (SSSR count). The highest BCUT2D eigenvalue weighted by Gasteiger charge is 2.59. The van der Waals surface area contributed by atoms with E-state index in [-0.39, 0.29) is 0 Å². The number of rotatable bonds is 2. The Hall–Kier alpha value is -1.70. The van der Waals surface area contributed by atoms with Gasteiger partial charge in [-0.2, -0.15) is 0 Å². The Morgan fingerprint density at radius 2 is 1.50 bits per heavy atom. The molecule has 5 heteroatoms. The predicted octanol–water partition coefficient (Wildman–Crippen LogP) is 5.06. The summed E-state index contributed by atoms with van der Waals surface area (Å²) in [5.74, 6) is -0.499. The van der Waals surface area contributed by atoms with E-state index in [1.54, 1.807) is 5.19 Å². The highest BCUT2D eigenvalue weighted by molar-refractivity contribution is 7.74. The molecule has 2 nitrogen and oxygen atoms in total. The first kappa shape index (κ1) is 21.5. The lowest BCUT2D eigenvalue weighted by atomic mass is 9.88. The van der Waals surface area contributed by atoms with E-state index in [1.807, 2.05) is 0 Å². The van der Waals surface area contributed by atoms with E-state index in [0.29, 0.717) is 0 Å². The average molecular weight is 449 g/mol. The molecule has 30 heavy (non-hydrogen) atoms. The Morgan fingerprint density at radius 3 is 2.10 bits per heavy atom. The zero-order valence-electron chi connectivity index (χ0n) is 19.9. The third-order valence-corrected chi connectivity index (χ3v) is 50.6. The molecule has 2 aliphatic rings. The summed E-state index contributed by atoms with van der Waals surface area (Å²) in [6.45, 7) is 22.0. The van der Waals surface area contributed by atoms with E-state index in [4.69, 9.17) is 5.73 Å². The maximum Gasteiger partial charge on any atom is 0.270 e. The second-order valence-corrected chi connectivity index (χ2v) is 38.2. The van der Waals surface area contributed by atoms with Gasteiger partial charge in [-0.05, 0) is 60.2 Å². The van der Waals surface area contributed by atoms with E-state index >= 15 is 0 Å². The fourth-order valence-corrected chi connectivity index (χ4v) is 40.3. The molecule has 1 aliphatic carbocycles. The van der Waals surface area contributed by atoms with Crippen LogP contribution in [0.5, 0.6) is 0 Å². The summed E-state index contributed by atoms with van der Waals surface area (Å²) < 4.78 is 0. The van der Waals surface area contributed by atoms with E-state index in [0.717, 1.165) is 23.1 Å². The van der Waals surface area contributed by atoms with Crippen molar-refractivity contribution in [3.8, 4) is 11.1 Å². The predicted molar refractivity (Wildman–Crippen MR) is 138 cm³/mol. The van der Waals surface area contributed by atoms with Gasteiger partial charge in [0.2, 0.25) is 0 Å². The summed E-state index contributed by atoms with van der Waals surface area (Å²) in [6, 6.07) is 6.52. The van der Waals surface area contributed by atoms with Gasteiger partial charge in [0.25, 0.3) is 5.91 Å². The lowest BCUT2D eigenvalue weighted by Crippen LogP contribution is -2.83. The van der Waals surface area contributed by atoms with E-state index in [1.165, 1.54) is 33.0 Å². The van der Waals surface area contributed by atoms with Crippen LogP contribution in [0.4, 0.5) is 0 Å². The number of allylic oxidation sites excluding steroid dienone is 1. The van der Waals surface area contributed by atoms with Gasteiger partial charge in [-0.1, -0.05) is 79.9 Å². The maximum absolute atomic E-state index is 13.0. The third-order valence-electron chi connectivity index (χ3n) is 8.93. The van der Waals surface area contributed by atoms with Crippen LogP contribution in [0.25, 0.3) is 17.2 Å². The number of carbonyl (C=O) groups excluding carboxylic acids is 1. The minimum atomic E-state index is -1.87. The topological polar surface area (TPSA) is 40.9 Å². The van der Waals surface area contributed by atoms with Crippen molar-refractivity contribution < 1.29 is 4.79 Å². The molecule has 0 unspecified atom stereocenters. The number of benzene rings is 2. The summed E-state index contributed by atoms with van der Waals surface area (Å²) in [6.07, 6.45) is 3.27. The van der Waals surface area contributed by atoms with Crippen molar-refractivity contribution in [3.63, 3.8) is 0 Å². The van der Waals surface area contributed by atoms with Crippen LogP contribution in [0.15, 0.2) is 23.8 Å². The highest BCUT2D eigenvalue weighted by Crippen LogP contribution is 2.42. The highest BCUT2D eigenvalue weighted by atomic mass is 29.6. The quantitative estimate of drug-likeness (QED) is 0.592. The zero-order valence-corrected chi connectivity index (χ0v) is 22.9. The molecule has 1 radical (unpaired) electrons. The van der Waals surface area contributed by atoms with Crippen LogP contribution in [-0.2, 0) is 6.42 Å². The van der Waals surface area contributed by atoms with Crippen molar-refractivity contribution in [1.82, 2.24) is 5.73 Å². The SMILES string of the molecule is CC1=Cc2c(cccc2-c2c(C)c3c(C)c(c2C([NH])=O)[Si](C)(C)[Si](C)(C)[Si]3(C)C)C1. The number of fused-ring (bicyclic) bond motifs is 3. The van der Waals surface area contributed by atoms with Crippen molar-refractivity contribution in [2.45, 2.75) is 66.5 Å². The smallest absolute Gasteiger partial charge is 0.267 e. The lowest BCUT2D eigenvalue weighted by Gasteiger charge is -2.55. The van der Waals surface area contributed by atoms with Crippen LogP contribution in [0.1, 0.15) is 39.5 Å². The van der Waals surface area contributed by atoms with Gasteiger partial charge in [0, 0.05) is 12.7 Å². The van der Waals surface area contributed by atoms with Crippen LogP contribution in [0.3, 0.4) is 0 Å². The largest absolute Gasteiger partial charge is 0.270 e. The molecule has 0 spiro atoms. The molecule has 157 valence electrons. The molecule has 0 saturated carbocycles. The summed E-state index contributed by atoms with van der Waals surface area (Å²) in [7, 11) is -5.15. The van der Waals surface area contributed by atoms with Gasteiger partial charge in [-0.15, -0.1) is 0 Å². The fourth-order valence-electron chi connectivity index (χ4n) is 6.47. The van der Waals surface area contributed by atoms with Crippen LogP contribution < -0.4 is 16.1 Å². The summed E-state index contributed by atoms with van der Waals surface area (Å²) in [4.78, 5) is 13.0. The van der Waals surface area contributed by atoms with Gasteiger partial charge in [-0.3, -0.25) is 10.5 Å². The standard InChI is InChI=1S/C25H34NOSi3/c1-15-13-18-11-10-12-19(20(18)14-15)21-16(2)23-17(3)24(22(21)25(26)27)29(6,7)30(8,9)28(23,4)5/h10-12,14,26H,13H2,1-9H3. The first-order valence-electron chi connectivity index (χ1n) is 11.0. The second-order valence-electron chi connectivity index (χ2n) is 11.0. The third kappa shape index (κ3) is 2.49. The molecular formula is C25H34NOSi3. The zero-order chi connectivity index (χ0) is 22.4. The first-order chi connectivity index (χ1) is 13.7. The molecular weight excluding hydrogens is 415 g/mol. The molecule has 0 fully saturated rings. The van der Waals surface area contributed by atoms with E-state index < -0.39 is 28.2 Å². The summed E-state index contributed by atoms with van der Waals surface area (Å²) in [5.41, 5.74) is 17.9. The number of nitrogens with one attached hydrogen (secondary N) is 1. The number of hydrogen-bond donors (Lipinski definition) is 0. The van der Waals surface area contributed by atoms with Crippen molar-refractivity contribution in [2.24, 2.45) is 0 Å². The van der Waals surface area contributed by atoms with Crippen LogP contribution in [-0.4, -0.2) is 28.2 Å². The maximum atomic E-state index is 13.0. The molecule has 1 amide bonds. The van der Waals surface area contributed by atoms with Crippen molar-refractivity contribution in [3.05, 3.63) is 51.6 Å². The van der Waals surface area contributed by atoms with Gasteiger partial charge in [0.05, 0.1) is 15.2 Å². The Kier molecular flexibility index (Phi) is 4.60. The van der Waals surface area contributed by atoms with Gasteiger partial charge < -0.3 is 0 Å².